The van der Waals surface area contributed by atoms with Crippen molar-refractivity contribution in [1.82, 2.24) is 4.90 Å². The van der Waals surface area contributed by atoms with Crippen molar-refractivity contribution in [2.24, 2.45) is 11.7 Å². The van der Waals surface area contributed by atoms with Crippen LogP contribution in [0, 0.1) is 5.92 Å². The average molecular weight is 240 g/mol. The maximum Gasteiger partial charge on any atom is 0.401 e. The average Bonchev–Trinajstić information content (AvgIpc) is 2.16. The molecule has 0 spiro atoms. The monoisotopic (exact) mass is 240 g/mol. The molecule has 5 heteroatoms. The molecular formula is C11H23F3N2. The minimum absolute atomic E-state index is 0.174. The summed E-state index contributed by atoms with van der Waals surface area (Å²) in [6, 6.07) is -0.174. The van der Waals surface area contributed by atoms with Gasteiger partial charge in [-0.1, -0.05) is 27.2 Å². The van der Waals surface area contributed by atoms with Crippen LogP contribution in [0.2, 0.25) is 0 Å². The Kier molecular flexibility index (Phi) is 6.99. The molecular weight excluding hydrogens is 217 g/mol. The highest BCUT2D eigenvalue weighted by molar-refractivity contribution is 4.78. The van der Waals surface area contributed by atoms with Crippen LogP contribution < -0.4 is 5.73 Å². The molecule has 0 radical (unpaired) electrons. The van der Waals surface area contributed by atoms with Gasteiger partial charge in [0.2, 0.25) is 0 Å². The van der Waals surface area contributed by atoms with Gasteiger partial charge in [-0.3, -0.25) is 4.90 Å². The fourth-order valence-electron chi connectivity index (χ4n) is 2.08. The first-order chi connectivity index (χ1) is 7.35. The van der Waals surface area contributed by atoms with Crippen molar-refractivity contribution in [3.8, 4) is 0 Å². The second-order valence-electron chi connectivity index (χ2n) is 4.25. The standard InChI is InChI=1S/C11H23F3N2/c1-4-6-9(3)10(7-15)16(5-2)8-11(12,13)14/h9-10H,4-8,15H2,1-3H3. The molecule has 2 nitrogen and oxygen atoms in total. The van der Waals surface area contributed by atoms with E-state index in [0.717, 1.165) is 12.8 Å². The van der Waals surface area contributed by atoms with Gasteiger partial charge in [-0.25, -0.2) is 0 Å². The third kappa shape index (κ3) is 5.70. The first-order valence-corrected chi connectivity index (χ1v) is 5.86. The van der Waals surface area contributed by atoms with Crippen LogP contribution in [0.5, 0.6) is 0 Å². The van der Waals surface area contributed by atoms with Crippen molar-refractivity contribution in [1.29, 1.82) is 0 Å². The number of nitrogens with zero attached hydrogens (tertiary/aromatic N) is 1. The Balaban J connectivity index is 4.49. The first kappa shape index (κ1) is 15.7. The Bertz CT molecular complexity index is 183. The predicted octanol–water partition coefficient (Wildman–Crippen LogP) is 2.63. The highest BCUT2D eigenvalue weighted by Crippen LogP contribution is 2.22. The summed E-state index contributed by atoms with van der Waals surface area (Å²) >= 11 is 0. The summed E-state index contributed by atoms with van der Waals surface area (Å²) < 4.78 is 37.1. The van der Waals surface area contributed by atoms with Crippen molar-refractivity contribution in [2.75, 3.05) is 19.6 Å². The summed E-state index contributed by atoms with van der Waals surface area (Å²) in [7, 11) is 0. The van der Waals surface area contributed by atoms with Gasteiger partial charge >= 0.3 is 6.18 Å². The van der Waals surface area contributed by atoms with E-state index >= 15 is 0 Å². The number of likely N-dealkylation sites (N-methyl/N-ethyl adjacent to an activating group) is 1. The number of alkyl halides is 3. The Morgan fingerprint density at radius 1 is 1.25 bits per heavy atom. The molecule has 2 atom stereocenters. The van der Waals surface area contributed by atoms with E-state index in [2.05, 4.69) is 0 Å². The summed E-state index contributed by atoms with van der Waals surface area (Å²) in [6.45, 7) is 5.55. The molecule has 0 aliphatic carbocycles. The van der Waals surface area contributed by atoms with Crippen molar-refractivity contribution in [3.63, 3.8) is 0 Å². The molecule has 0 saturated carbocycles. The largest absolute Gasteiger partial charge is 0.401 e. The highest BCUT2D eigenvalue weighted by atomic mass is 19.4. The molecule has 98 valence electrons. The van der Waals surface area contributed by atoms with Gasteiger partial charge in [0.1, 0.15) is 0 Å². The maximum absolute atomic E-state index is 12.4. The zero-order chi connectivity index (χ0) is 12.8. The summed E-state index contributed by atoms with van der Waals surface area (Å²) in [6.07, 6.45) is -2.26. The quantitative estimate of drug-likeness (QED) is 0.741. The van der Waals surface area contributed by atoms with Crippen LogP contribution in [0.25, 0.3) is 0 Å². The van der Waals surface area contributed by atoms with Gasteiger partial charge < -0.3 is 5.73 Å². The van der Waals surface area contributed by atoms with Gasteiger partial charge in [0.05, 0.1) is 6.54 Å². The molecule has 2 unspecified atom stereocenters. The molecule has 0 saturated heterocycles. The molecule has 16 heavy (non-hydrogen) atoms. The van der Waals surface area contributed by atoms with Gasteiger partial charge in [0.25, 0.3) is 0 Å². The fourth-order valence-corrected chi connectivity index (χ4v) is 2.08. The zero-order valence-electron chi connectivity index (χ0n) is 10.3. The fraction of sp³-hybridized carbons (Fsp3) is 1.00. The molecule has 0 heterocycles. The van der Waals surface area contributed by atoms with E-state index < -0.39 is 12.7 Å². The molecule has 0 aromatic carbocycles. The van der Waals surface area contributed by atoms with E-state index in [-0.39, 0.29) is 18.5 Å². The topological polar surface area (TPSA) is 29.3 Å². The minimum atomic E-state index is -4.14. The first-order valence-electron chi connectivity index (χ1n) is 5.86. The van der Waals surface area contributed by atoms with Gasteiger partial charge in [-0.15, -0.1) is 0 Å². The number of rotatable bonds is 7. The molecule has 2 N–H and O–H groups in total. The van der Waals surface area contributed by atoms with Crippen molar-refractivity contribution >= 4 is 0 Å². The Labute approximate surface area is 96.0 Å². The van der Waals surface area contributed by atoms with E-state index in [1.54, 1.807) is 6.92 Å². The summed E-state index contributed by atoms with van der Waals surface area (Å²) in [5, 5.41) is 0. The van der Waals surface area contributed by atoms with Crippen LogP contribution in [-0.2, 0) is 0 Å². The Hall–Kier alpha value is -0.290. The SMILES string of the molecule is CCCC(C)C(CN)N(CC)CC(F)(F)F. The molecule has 0 bridgehead atoms. The molecule has 0 amide bonds. The number of halogens is 3. The summed E-state index contributed by atoms with van der Waals surface area (Å²) in [4.78, 5) is 1.43. The highest BCUT2D eigenvalue weighted by Gasteiger charge is 2.34. The normalized spacial score (nSPS) is 16.5. The smallest absolute Gasteiger partial charge is 0.329 e. The van der Waals surface area contributed by atoms with E-state index in [9.17, 15) is 13.2 Å². The van der Waals surface area contributed by atoms with Crippen molar-refractivity contribution < 1.29 is 13.2 Å². The third-order valence-electron chi connectivity index (χ3n) is 2.90. The molecule has 0 aliphatic rings. The Morgan fingerprint density at radius 3 is 2.12 bits per heavy atom. The number of hydrogen-bond donors (Lipinski definition) is 1. The van der Waals surface area contributed by atoms with Crippen molar-refractivity contribution in [3.05, 3.63) is 0 Å². The van der Waals surface area contributed by atoms with E-state index in [0.29, 0.717) is 6.54 Å². The van der Waals surface area contributed by atoms with Crippen LogP contribution in [-0.4, -0.2) is 36.8 Å². The lowest BCUT2D eigenvalue weighted by Crippen LogP contribution is -2.48. The predicted molar refractivity (Wildman–Crippen MR) is 60.2 cm³/mol. The van der Waals surface area contributed by atoms with E-state index in [1.807, 2.05) is 13.8 Å². The molecule has 0 rings (SSSR count). The molecule has 0 fully saturated rings. The van der Waals surface area contributed by atoms with Crippen LogP contribution in [0.15, 0.2) is 0 Å². The second kappa shape index (κ2) is 7.12. The van der Waals surface area contributed by atoms with Gasteiger partial charge in [0.15, 0.2) is 0 Å². The molecule has 0 aliphatic heterocycles. The summed E-state index contributed by atoms with van der Waals surface area (Å²) in [5.74, 6) is 0.206. The van der Waals surface area contributed by atoms with Crippen LogP contribution in [0.3, 0.4) is 0 Å². The van der Waals surface area contributed by atoms with Crippen LogP contribution in [0.1, 0.15) is 33.6 Å². The van der Waals surface area contributed by atoms with Crippen LogP contribution >= 0.6 is 0 Å². The van der Waals surface area contributed by atoms with E-state index in [1.165, 1.54) is 4.90 Å². The third-order valence-corrected chi connectivity index (χ3v) is 2.90. The van der Waals surface area contributed by atoms with Gasteiger partial charge in [-0.05, 0) is 18.9 Å². The maximum atomic E-state index is 12.4. The van der Waals surface area contributed by atoms with Gasteiger partial charge in [0, 0.05) is 12.6 Å². The van der Waals surface area contributed by atoms with Crippen LogP contribution in [0.4, 0.5) is 13.2 Å². The van der Waals surface area contributed by atoms with Gasteiger partial charge in [-0.2, -0.15) is 13.2 Å². The second-order valence-corrected chi connectivity index (χ2v) is 4.25. The molecule has 0 aromatic rings. The van der Waals surface area contributed by atoms with E-state index in [4.69, 9.17) is 5.73 Å². The lowest BCUT2D eigenvalue weighted by molar-refractivity contribution is -0.152. The number of nitrogens with two attached hydrogens (primary N) is 1. The zero-order valence-corrected chi connectivity index (χ0v) is 10.3. The Morgan fingerprint density at radius 2 is 1.81 bits per heavy atom. The number of hydrogen-bond acceptors (Lipinski definition) is 2. The minimum Gasteiger partial charge on any atom is -0.329 e. The lowest BCUT2D eigenvalue weighted by Gasteiger charge is -2.34. The van der Waals surface area contributed by atoms with Crippen molar-refractivity contribution in [2.45, 2.75) is 45.8 Å². The lowest BCUT2D eigenvalue weighted by atomic mass is 9.95. The summed E-state index contributed by atoms with van der Waals surface area (Å²) in [5.41, 5.74) is 5.59. The molecule has 0 aromatic heterocycles.